The third-order valence-electron chi connectivity index (χ3n) is 3.50. The Morgan fingerprint density at radius 2 is 1.96 bits per heavy atom. The first-order valence-corrected chi connectivity index (χ1v) is 7.71. The Balaban J connectivity index is 2.30. The molecule has 0 radical (unpaired) electrons. The number of hydrogen-bond donors (Lipinski definition) is 0. The van der Waals surface area contributed by atoms with Crippen molar-refractivity contribution in [3.05, 3.63) is 57.3 Å². The smallest absolute Gasteiger partial charge is 0.132 e. The molecule has 1 unspecified atom stereocenters. The van der Waals surface area contributed by atoms with E-state index in [-0.39, 0.29) is 6.04 Å². The Morgan fingerprint density at radius 3 is 2.70 bits per heavy atom. The topological polar surface area (TPSA) is 34.0 Å². The van der Waals surface area contributed by atoms with Crippen molar-refractivity contribution in [3.63, 3.8) is 0 Å². The molecule has 1 aliphatic rings. The molecule has 3 nitrogen and oxygen atoms in total. The molecule has 2 aromatic rings. The van der Waals surface area contributed by atoms with E-state index in [4.69, 9.17) is 27.9 Å². The van der Waals surface area contributed by atoms with Gasteiger partial charge in [0.25, 0.3) is 0 Å². The van der Waals surface area contributed by atoms with Crippen molar-refractivity contribution >= 4 is 40.8 Å². The minimum Gasteiger partial charge on any atom is -0.497 e. The summed E-state index contributed by atoms with van der Waals surface area (Å²) in [5.74, 6) is 0.113. The van der Waals surface area contributed by atoms with Crippen LogP contribution >= 0.6 is 23.2 Å². The Labute approximate surface area is 143 Å². The number of nitrogens with zero attached hydrogens (tertiary/aromatic N) is 2. The van der Waals surface area contributed by atoms with Crippen LogP contribution in [0.4, 0.5) is 10.1 Å². The van der Waals surface area contributed by atoms with Gasteiger partial charge >= 0.3 is 0 Å². The normalized spacial score (nSPS) is 16.6. The first-order valence-electron chi connectivity index (χ1n) is 6.95. The highest BCUT2D eigenvalue weighted by Gasteiger charge is 2.23. The second-order valence-corrected chi connectivity index (χ2v) is 5.88. The molecule has 1 atom stereocenters. The lowest BCUT2D eigenvalue weighted by Crippen LogP contribution is -2.11. The van der Waals surface area contributed by atoms with Crippen LogP contribution in [0.5, 0.6) is 5.75 Å². The molecule has 0 amide bonds. The van der Waals surface area contributed by atoms with Crippen LogP contribution in [0.2, 0.25) is 10.0 Å². The van der Waals surface area contributed by atoms with E-state index in [1.807, 2.05) is 6.92 Å². The average molecular weight is 351 g/mol. The second-order valence-electron chi connectivity index (χ2n) is 5.10. The zero-order chi connectivity index (χ0) is 16.6. The SMILES string of the molecule is COc1ccc(F)c(C2=NC(C)C=Nc3ccc(Cl)c(Cl)c32)c1. The van der Waals surface area contributed by atoms with Crippen molar-refractivity contribution in [2.24, 2.45) is 9.98 Å². The quantitative estimate of drug-likeness (QED) is 0.743. The van der Waals surface area contributed by atoms with Crippen molar-refractivity contribution in [1.29, 1.82) is 0 Å². The van der Waals surface area contributed by atoms with Crippen molar-refractivity contribution in [3.8, 4) is 5.75 Å². The summed E-state index contributed by atoms with van der Waals surface area (Å²) < 4.78 is 19.6. The van der Waals surface area contributed by atoms with Gasteiger partial charge in [-0.1, -0.05) is 23.2 Å². The minimum absolute atomic E-state index is 0.224. The van der Waals surface area contributed by atoms with Crippen LogP contribution in [0.25, 0.3) is 0 Å². The number of halogens is 3. The fourth-order valence-electron chi connectivity index (χ4n) is 2.38. The van der Waals surface area contributed by atoms with E-state index in [0.717, 1.165) is 0 Å². The van der Waals surface area contributed by atoms with E-state index in [0.29, 0.717) is 38.3 Å². The van der Waals surface area contributed by atoms with E-state index in [1.54, 1.807) is 30.5 Å². The second kappa shape index (κ2) is 6.30. The first kappa shape index (κ1) is 16.0. The van der Waals surface area contributed by atoms with Crippen LogP contribution in [0.3, 0.4) is 0 Å². The number of benzene rings is 2. The molecular weight excluding hydrogens is 338 g/mol. The van der Waals surface area contributed by atoms with Crippen LogP contribution in [0.1, 0.15) is 18.1 Å². The summed E-state index contributed by atoms with van der Waals surface area (Å²) in [6.07, 6.45) is 1.69. The van der Waals surface area contributed by atoms with Gasteiger partial charge in [0.05, 0.1) is 34.6 Å². The van der Waals surface area contributed by atoms with Crippen LogP contribution in [-0.4, -0.2) is 25.1 Å². The molecule has 23 heavy (non-hydrogen) atoms. The Bertz CT molecular complexity index is 834. The van der Waals surface area contributed by atoms with Gasteiger partial charge in [0, 0.05) is 17.3 Å². The summed E-state index contributed by atoms with van der Waals surface area (Å²) >= 11 is 12.5. The Hall–Kier alpha value is -1.91. The van der Waals surface area contributed by atoms with Gasteiger partial charge in [0.15, 0.2) is 0 Å². The van der Waals surface area contributed by atoms with Gasteiger partial charge < -0.3 is 4.74 Å². The number of ether oxygens (including phenoxy) is 1. The number of fused-ring (bicyclic) bond motifs is 1. The van der Waals surface area contributed by atoms with E-state index in [1.165, 1.54) is 13.2 Å². The highest BCUT2D eigenvalue weighted by molar-refractivity contribution is 6.45. The predicted octanol–water partition coefficient (Wildman–Crippen LogP) is 5.08. The lowest BCUT2D eigenvalue weighted by molar-refractivity contribution is 0.413. The molecular formula is C17H13Cl2FN2O. The van der Waals surface area contributed by atoms with Crippen LogP contribution in [0, 0.1) is 5.82 Å². The van der Waals surface area contributed by atoms with Crippen molar-refractivity contribution in [1.82, 2.24) is 0 Å². The van der Waals surface area contributed by atoms with Gasteiger partial charge in [0.1, 0.15) is 11.6 Å². The summed E-state index contributed by atoms with van der Waals surface area (Å²) in [7, 11) is 1.52. The first-order chi connectivity index (χ1) is 11.0. The summed E-state index contributed by atoms with van der Waals surface area (Å²) in [5, 5.41) is 0.669. The summed E-state index contributed by atoms with van der Waals surface area (Å²) in [6.45, 7) is 1.86. The van der Waals surface area contributed by atoms with Gasteiger partial charge in [-0.2, -0.15) is 0 Å². The molecule has 0 aromatic heterocycles. The van der Waals surface area contributed by atoms with Gasteiger partial charge in [-0.25, -0.2) is 4.39 Å². The van der Waals surface area contributed by atoms with Gasteiger partial charge in [0.2, 0.25) is 0 Å². The average Bonchev–Trinajstić information content (AvgIpc) is 2.71. The molecule has 0 N–H and O–H groups in total. The van der Waals surface area contributed by atoms with E-state index < -0.39 is 5.82 Å². The fraction of sp³-hybridized carbons (Fsp3) is 0.176. The summed E-state index contributed by atoms with van der Waals surface area (Å²) in [5.41, 5.74) is 1.83. The van der Waals surface area contributed by atoms with Gasteiger partial charge in [-0.05, 0) is 37.3 Å². The molecule has 0 fully saturated rings. The van der Waals surface area contributed by atoms with Gasteiger partial charge in [-0.3, -0.25) is 9.98 Å². The van der Waals surface area contributed by atoms with Crippen molar-refractivity contribution in [2.75, 3.05) is 7.11 Å². The lowest BCUT2D eigenvalue weighted by Gasteiger charge is -2.14. The van der Waals surface area contributed by atoms with Gasteiger partial charge in [-0.15, -0.1) is 0 Å². The summed E-state index contributed by atoms with van der Waals surface area (Å²) in [6, 6.07) is 7.66. The predicted molar refractivity (Wildman–Crippen MR) is 92.7 cm³/mol. The monoisotopic (exact) mass is 350 g/mol. The summed E-state index contributed by atoms with van der Waals surface area (Å²) in [4.78, 5) is 8.94. The van der Waals surface area contributed by atoms with E-state index in [2.05, 4.69) is 9.98 Å². The maximum absolute atomic E-state index is 14.4. The van der Waals surface area contributed by atoms with E-state index in [9.17, 15) is 4.39 Å². The van der Waals surface area contributed by atoms with Crippen molar-refractivity contribution < 1.29 is 9.13 Å². The maximum Gasteiger partial charge on any atom is 0.132 e. The largest absolute Gasteiger partial charge is 0.497 e. The molecule has 0 saturated heterocycles. The van der Waals surface area contributed by atoms with Crippen LogP contribution in [-0.2, 0) is 0 Å². The number of methoxy groups -OCH3 is 1. The third-order valence-corrected chi connectivity index (χ3v) is 4.30. The molecule has 6 heteroatoms. The van der Waals surface area contributed by atoms with E-state index >= 15 is 0 Å². The third kappa shape index (κ3) is 2.96. The molecule has 3 rings (SSSR count). The molecule has 1 aliphatic heterocycles. The molecule has 0 saturated carbocycles. The number of hydrogen-bond acceptors (Lipinski definition) is 3. The lowest BCUT2D eigenvalue weighted by atomic mass is 9.99. The zero-order valence-electron chi connectivity index (χ0n) is 12.5. The maximum atomic E-state index is 14.4. The molecule has 0 spiro atoms. The standard InChI is InChI=1S/C17H13Cl2FN2O/c1-9-8-21-14-6-4-12(18)16(19)15(14)17(22-9)11-7-10(23-2)3-5-13(11)20/h3-9H,1-2H3. The Morgan fingerprint density at radius 1 is 1.17 bits per heavy atom. The number of rotatable bonds is 2. The van der Waals surface area contributed by atoms with Crippen molar-refractivity contribution in [2.45, 2.75) is 13.0 Å². The Kier molecular flexibility index (Phi) is 4.37. The minimum atomic E-state index is -0.416. The molecule has 1 heterocycles. The highest BCUT2D eigenvalue weighted by Crippen LogP contribution is 2.37. The molecule has 0 bridgehead atoms. The number of aliphatic imine (C=N–C) groups is 2. The zero-order valence-corrected chi connectivity index (χ0v) is 14.0. The van der Waals surface area contributed by atoms with Crippen LogP contribution < -0.4 is 4.74 Å². The van der Waals surface area contributed by atoms with Crippen LogP contribution in [0.15, 0.2) is 40.3 Å². The fourth-order valence-corrected chi connectivity index (χ4v) is 2.79. The highest BCUT2D eigenvalue weighted by atomic mass is 35.5. The molecule has 2 aromatic carbocycles. The molecule has 118 valence electrons. The molecule has 0 aliphatic carbocycles.